The number of thioether (sulfide) groups is 1. The van der Waals surface area contributed by atoms with Gasteiger partial charge in [-0.15, -0.1) is 10.2 Å². The normalized spacial score (nSPS) is 10.9. The van der Waals surface area contributed by atoms with E-state index in [0.717, 1.165) is 16.5 Å². The summed E-state index contributed by atoms with van der Waals surface area (Å²) in [5, 5.41) is 19.8. The Labute approximate surface area is 143 Å². The lowest BCUT2D eigenvalue weighted by molar-refractivity contribution is -0.136. The molecule has 2 aromatic carbocycles. The highest BCUT2D eigenvalue weighted by Crippen LogP contribution is 2.26. The second-order valence-electron chi connectivity index (χ2n) is 5.22. The first-order chi connectivity index (χ1) is 11.6. The maximum atomic E-state index is 10.6. The van der Waals surface area contributed by atoms with Gasteiger partial charge in [-0.25, -0.2) is 0 Å². The zero-order chi connectivity index (χ0) is 16.9. The molecule has 1 N–H and O–H groups in total. The van der Waals surface area contributed by atoms with Crippen molar-refractivity contribution >= 4 is 28.5 Å². The Balaban J connectivity index is 1.68. The molecule has 0 aliphatic heterocycles. The number of fused-ring (bicyclic) bond motifs is 1. The van der Waals surface area contributed by atoms with Crippen molar-refractivity contribution < 1.29 is 14.6 Å². The van der Waals surface area contributed by atoms with Crippen molar-refractivity contribution in [3.05, 3.63) is 48.3 Å². The Bertz CT molecular complexity index is 858. The van der Waals surface area contributed by atoms with Gasteiger partial charge in [-0.1, -0.05) is 48.2 Å². The van der Waals surface area contributed by atoms with Gasteiger partial charge in [-0.3, -0.25) is 4.79 Å². The number of hydrogen-bond donors (Lipinski definition) is 1. The van der Waals surface area contributed by atoms with E-state index in [9.17, 15) is 4.79 Å². The number of aliphatic carboxylic acids is 1. The van der Waals surface area contributed by atoms with Crippen LogP contribution in [-0.2, 0) is 18.4 Å². The van der Waals surface area contributed by atoms with Crippen LogP contribution in [0.5, 0.6) is 5.75 Å². The van der Waals surface area contributed by atoms with Crippen LogP contribution in [-0.4, -0.2) is 31.6 Å². The molecule has 0 unspecified atom stereocenters. The van der Waals surface area contributed by atoms with Crippen LogP contribution in [0.2, 0.25) is 0 Å². The molecule has 7 heteroatoms. The standard InChI is InChI=1S/C17H17N3O3S/c1-20-15(18-19-17(20)24-10-9-16(21)22)11-23-14-8-4-6-12-5-2-3-7-13(12)14/h2-8H,9-11H2,1H3,(H,21,22). The van der Waals surface area contributed by atoms with Crippen molar-refractivity contribution in [2.75, 3.05) is 5.75 Å². The van der Waals surface area contributed by atoms with Crippen LogP contribution in [0.25, 0.3) is 10.8 Å². The Morgan fingerprint density at radius 2 is 2.00 bits per heavy atom. The van der Waals surface area contributed by atoms with Gasteiger partial charge in [0.05, 0.1) is 6.42 Å². The highest BCUT2D eigenvalue weighted by molar-refractivity contribution is 7.99. The van der Waals surface area contributed by atoms with Gasteiger partial charge in [-0.2, -0.15) is 0 Å². The number of carboxylic acid groups (broad SMARTS) is 1. The van der Waals surface area contributed by atoms with E-state index in [2.05, 4.69) is 10.2 Å². The van der Waals surface area contributed by atoms with Crippen molar-refractivity contribution in [1.82, 2.24) is 14.8 Å². The molecule has 3 aromatic rings. The van der Waals surface area contributed by atoms with E-state index < -0.39 is 5.97 Å². The Morgan fingerprint density at radius 3 is 2.83 bits per heavy atom. The molecular weight excluding hydrogens is 326 g/mol. The first-order valence-electron chi connectivity index (χ1n) is 7.48. The predicted octanol–water partition coefficient (Wildman–Crippen LogP) is 3.11. The molecule has 0 saturated carbocycles. The summed E-state index contributed by atoms with van der Waals surface area (Å²) >= 11 is 1.37. The van der Waals surface area contributed by atoms with Gasteiger partial charge in [-0.05, 0) is 11.5 Å². The fourth-order valence-corrected chi connectivity index (χ4v) is 3.15. The lowest BCUT2D eigenvalue weighted by Crippen LogP contribution is -2.05. The molecular formula is C17H17N3O3S. The van der Waals surface area contributed by atoms with Crippen LogP contribution in [0.3, 0.4) is 0 Å². The van der Waals surface area contributed by atoms with Gasteiger partial charge in [0.15, 0.2) is 11.0 Å². The van der Waals surface area contributed by atoms with Gasteiger partial charge in [0.2, 0.25) is 0 Å². The van der Waals surface area contributed by atoms with Crippen molar-refractivity contribution in [3.8, 4) is 5.75 Å². The predicted molar refractivity (Wildman–Crippen MR) is 92.3 cm³/mol. The number of hydrogen-bond acceptors (Lipinski definition) is 5. The van der Waals surface area contributed by atoms with Crippen LogP contribution < -0.4 is 4.74 Å². The molecule has 124 valence electrons. The van der Waals surface area contributed by atoms with Crippen molar-refractivity contribution in [1.29, 1.82) is 0 Å². The highest BCUT2D eigenvalue weighted by atomic mass is 32.2. The van der Waals surface area contributed by atoms with E-state index in [-0.39, 0.29) is 6.42 Å². The van der Waals surface area contributed by atoms with Crippen LogP contribution in [0.4, 0.5) is 0 Å². The maximum Gasteiger partial charge on any atom is 0.304 e. The molecule has 0 bridgehead atoms. The van der Waals surface area contributed by atoms with Gasteiger partial charge >= 0.3 is 5.97 Å². The van der Waals surface area contributed by atoms with E-state index in [1.165, 1.54) is 11.8 Å². The largest absolute Gasteiger partial charge is 0.485 e. The minimum absolute atomic E-state index is 0.0966. The summed E-state index contributed by atoms with van der Waals surface area (Å²) in [5.74, 6) is 1.15. The van der Waals surface area contributed by atoms with Crippen LogP contribution in [0.1, 0.15) is 12.2 Å². The van der Waals surface area contributed by atoms with Gasteiger partial charge < -0.3 is 14.4 Å². The van der Waals surface area contributed by atoms with E-state index >= 15 is 0 Å². The average molecular weight is 343 g/mol. The molecule has 0 atom stereocenters. The van der Waals surface area contributed by atoms with Gasteiger partial charge in [0, 0.05) is 18.2 Å². The zero-order valence-corrected chi connectivity index (χ0v) is 14.0. The number of rotatable bonds is 7. The fourth-order valence-electron chi connectivity index (χ4n) is 2.29. The fraction of sp³-hybridized carbons (Fsp3) is 0.235. The zero-order valence-electron chi connectivity index (χ0n) is 13.2. The monoisotopic (exact) mass is 343 g/mol. The SMILES string of the molecule is Cn1c(COc2cccc3ccccc23)nnc1SCCC(=O)O. The molecule has 1 heterocycles. The number of benzene rings is 2. The average Bonchev–Trinajstić information content (AvgIpc) is 2.93. The molecule has 0 fully saturated rings. The van der Waals surface area contributed by atoms with Crippen LogP contribution in [0, 0.1) is 0 Å². The van der Waals surface area contributed by atoms with Crippen molar-refractivity contribution in [2.45, 2.75) is 18.2 Å². The summed E-state index contributed by atoms with van der Waals surface area (Å²) in [6, 6.07) is 14.0. The van der Waals surface area contributed by atoms with E-state index in [0.29, 0.717) is 23.3 Å². The minimum Gasteiger partial charge on any atom is -0.485 e. The second kappa shape index (κ2) is 7.35. The molecule has 24 heavy (non-hydrogen) atoms. The number of aromatic nitrogens is 3. The smallest absolute Gasteiger partial charge is 0.304 e. The molecule has 0 spiro atoms. The van der Waals surface area contributed by atoms with E-state index in [1.54, 1.807) is 0 Å². The maximum absolute atomic E-state index is 10.6. The highest BCUT2D eigenvalue weighted by Gasteiger charge is 2.11. The molecule has 0 amide bonds. The summed E-state index contributed by atoms with van der Waals surface area (Å²) in [6.45, 7) is 0.303. The number of nitrogens with zero attached hydrogens (tertiary/aromatic N) is 3. The number of carbonyl (C=O) groups is 1. The quantitative estimate of drug-likeness (QED) is 0.664. The van der Waals surface area contributed by atoms with Crippen LogP contribution >= 0.6 is 11.8 Å². The van der Waals surface area contributed by atoms with Crippen LogP contribution in [0.15, 0.2) is 47.6 Å². The third-order valence-corrected chi connectivity index (χ3v) is 4.60. The first kappa shape index (κ1) is 16.3. The molecule has 0 aliphatic rings. The topological polar surface area (TPSA) is 77.2 Å². The van der Waals surface area contributed by atoms with Crippen molar-refractivity contribution in [3.63, 3.8) is 0 Å². The Kier molecular flexibility index (Phi) is 5.00. The van der Waals surface area contributed by atoms with E-state index in [4.69, 9.17) is 9.84 Å². The molecule has 6 nitrogen and oxygen atoms in total. The lowest BCUT2D eigenvalue weighted by Gasteiger charge is -2.09. The summed E-state index contributed by atoms with van der Waals surface area (Å²) in [7, 11) is 1.85. The molecule has 0 saturated heterocycles. The summed E-state index contributed by atoms with van der Waals surface area (Å²) < 4.78 is 7.75. The third kappa shape index (κ3) is 3.68. The second-order valence-corrected chi connectivity index (χ2v) is 6.28. The molecule has 3 rings (SSSR count). The van der Waals surface area contributed by atoms with E-state index in [1.807, 2.05) is 54.1 Å². The summed E-state index contributed by atoms with van der Waals surface area (Å²) in [5.41, 5.74) is 0. The van der Waals surface area contributed by atoms with Gasteiger partial charge in [0.25, 0.3) is 0 Å². The summed E-state index contributed by atoms with van der Waals surface area (Å²) in [6.07, 6.45) is 0.0966. The third-order valence-electron chi connectivity index (χ3n) is 3.58. The Morgan fingerprint density at radius 1 is 1.21 bits per heavy atom. The minimum atomic E-state index is -0.816. The number of ether oxygens (including phenoxy) is 1. The van der Waals surface area contributed by atoms with Gasteiger partial charge in [0.1, 0.15) is 12.4 Å². The molecule has 0 aliphatic carbocycles. The lowest BCUT2D eigenvalue weighted by atomic mass is 10.1. The Hall–Kier alpha value is -2.54. The van der Waals surface area contributed by atoms with Crippen molar-refractivity contribution in [2.24, 2.45) is 7.05 Å². The molecule has 0 radical (unpaired) electrons. The summed E-state index contributed by atoms with van der Waals surface area (Å²) in [4.78, 5) is 10.6. The first-order valence-corrected chi connectivity index (χ1v) is 8.47. The number of carboxylic acids is 1. The molecule has 1 aromatic heterocycles.